The number of anilines is 4. The van der Waals surface area contributed by atoms with Gasteiger partial charge in [0.1, 0.15) is 46.5 Å². The molecule has 0 spiro atoms. The second kappa shape index (κ2) is 18.4. The number of pyridine rings is 2. The van der Waals surface area contributed by atoms with Crippen LogP contribution >= 0.6 is 0 Å². The first kappa shape index (κ1) is 41.9. The second-order valence-electron chi connectivity index (χ2n) is 16.2. The van der Waals surface area contributed by atoms with E-state index in [0.717, 1.165) is 34.0 Å². The number of aromatic nitrogens is 6. The van der Waals surface area contributed by atoms with Gasteiger partial charge in [-0.1, -0.05) is 114 Å². The van der Waals surface area contributed by atoms with Gasteiger partial charge in [0.25, 0.3) is 0 Å². The summed E-state index contributed by atoms with van der Waals surface area (Å²) < 4.78 is 15.8. The third-order valence-electron chi connectivity index (χ3n) is 9.52. The van der Waals surface area contributed by atoms with Crippen molar-refractivity contribution < 1.29 is 9.47 Å². The number of nitrogens with zero attached hydrogens (tertiary/aromatic N) is 8. The summed E-state index contributed by atoms with van der Waals surface area (Å²) in [6, 6.07) is 50.2. The molecule has 0 aliphatic heterocycles. The van der Waals surface area contributed by atoms with E-state index in [1.807, 2.05) is 121 Å². The highest BCUT2D eigenvalue weighted by Gasteiger charge is 2.22. The molecule has 62 heavy (non-hydrogen) atoms. The van der Waals surface area contributed by atoms with Crippen LogP contribution in [-0.2, 0) is 10.8 Å². The zero-order chi connectivity index (χ0) is 43.7. The third-order valence-corrected chi connectivity index (χ3v) is 9.52. The molecule has 0 radical (unpaired) electrons. The van der Waals surface area contributed by atoms with Crippen molar-refractivity contribution in [1.82, 2.24) is 29.5 Å². The van der Waals surface area contributed by atoms with Crippen LogP contribution in [-0.4, -0.2) is 29.5 Å². The number of para-hydroxylation sites is 4. The third kappa shape index (κ3) is 9.96. The van der Waals surface area contributed by atoms with E-state index >= 15 is 0 Å². The van der Waals surface area contributed by atoms with Gasteiger partial charge in [-0.3, -0.25) is 0 Å². The van der Waals surface area contributed by atoms with Gasteiger partial charge in [0, 0.05) is 35.7 Å². The Morgan fingerprint density at radius 3 is 1.50 bits per heavy atom. The van der Waals surface area contributed by atoms with Gasteiger partial charge in [0.2, 0.25) is 11.8 Å². The molecule has 0 unspecified atom stereocenters. The minimum atomic E-state index is -0.0768. The molecule has 0 atom stereocenters. The van der Waals surface area contributed by atoms with Crippen LogP contribution in [0, 0.1) is 22.7 Å². The van der Waals surface area contributed by atoms with Gasteiger partial charge >= 0.3 is 0 Å². The highest BCUT2D eigenvalue weighted by Crippen LogP contribution is 2.38. The van der Waals surface area contributed by atoms with Crippen molar-refractivity contribution in [3.8, 4) is 46.8 Å². The lowest BCUT2D eigenvalue weighted by Crippen LogP contribution is -2.12. The fraction of sp³-hybridized carbons (Fsp3) is 0.160. The van der Waals surface area contributed by atoms with Crippen LogP contribution in [0.1, 0.15) is 64.1 Å². The molecule has 8 rings (SSSR count). The SMILES string of the molecule is CC(C)(C)c1ccccc1Oc1ncccc1Nc1cc(C#N)n(-c2ccccc2)n1.CC(C)(C)c1ccccc1Oc1ncccc1Nc1cc(C#N)nn1-c1ccccc1. The van der Waals surface area contributed by atoms with Crippen molar-refractivity contribution in [3.63, 3.8) is 0 Å². The summed E-state index contributed by atoms with van der Waals surface area (Å²) in [5.74, 6) is 3.56. The average Bonchev–Trinajstić information content (AvgIpc) is 3.89. The maximum atomic E-state index is 9.54. The number of benzene rings is 4. The number of hydrogen-bond donors (Lipinski definition) is 2. The van der Waals surface area contributed by atoms with E-state index in [1.54, 1.807) is 33.9 Å². The van der Waals surface area contributed by atoms with Crippen molar-refractivity contribution in [1.29, 1.82) is 10.5 Å². The Morgan fingerprint density at radius 2 is 1.00 bits per heavy atom. The summed E-state index contributed by atoms with van der Waals surface area (Å²) in [7, 11) is 0. The summed E-state index contributed by atoms with van der Waals surface area (Å²) >= 11 is 0. The van der Waals surface area contributed by atoms with Gasteiger partial charge in [0.15, 0.2) is 11.5 Å². The van der Waals surface area contributed by atoms with Crippen LogP contribution in [0.15, 0.2) is 158 Å². The maximum absolute atomic E-state index is 9.54. The quantitative estimate of drug-likeness (QED) is 0.136. The first-order valence-corrected chi connectivity index (χ1v) is 20.0. The number of nitriles is 2. The molecule has 2 N–H and O–H groups in total. The van der Waals surface area contributed by atoms with Crippen molar-refractivity contribution in [3.05, 3.63) is 181 Å². The predicted molar refractivity (Wildman–Crippen MR) is 242 cm³/mol. The van der Waals surface area contributed by atoms with E-state index in [9.17, 15) is 10.5 Å². The molecule has 12 heteroatoms. The largest absolute Gasteiger partial charge is 0.437 e. The van der Waals surface area contributed by atoms with Gasteiger partial charge in [0.05, 0.1) is 11.4 Å². The molecule has 0 saturated carbocycles. The highest BCUT2D eigenvalue weighted by molar-refractivity contribution is 5.66. The van der Waals surface area contributed by atoms with E-state index in [-0.39, 0.29) is 10.8 Å². The van der Waals surface area contributed by atoms with Crippen molar-refractivity contribution in [2.45, 2.75) is 52.4 Å². The lowest BCUT2D eigenvalue weighted by atomic mass is 9.86. The lowest BCUT2D eigenvalue weighted by molar-refractivity contribution is 0.441. The maximum Gasteiger partial charge on any atom is 0.243 e. The molecule has 4 heterocycles. The first-order valence-electron chi connectivity index (χ1n) is 20.0. The molecule has 0 amide bonds. The van der Waals surface area contributed by atoms with Crippen molar-refractivity contribution in [2.24, 2.45) is 0 Å². The summed E-state index contributed by atoms with van der Waals surface area (Å²) in [5.41, 5.74) is 5.76. The van der Waals surface area contributed by atoms with Crippen LogP contribution in [0.3, 0.4) is 0 Å². The molecule has 8 aromatic rings. The van der Waals surface area contributed by atoms with Gasteiger partial charge in [-0.15, -0.1) is 5.10 Å². The predicted octanol–water partition coefficient (Wildman–Crippen LogP) is 11.9. The molecular formula is C50H46N10O2. The molecule has 12 nitrogen and oxygen atoms in total. The lowest BCUT2D eigenvalue weighted by Gasteiger charge is -2.22. The molecule has 0 saturated heterocycles. The van der Waals surface area contributed by atoms with Crippen LogP contribution in [0.25, 0.3) is 11.4 Å². The summed E-state index contributed by atoms with van der Waals surface area (Å²) in [6.07, 6.45) is 3.37. The minimum absolute atomic E-state index is 0.0743. The molecule has 308 valence electrons. The van der Waals surface area contributed by atoms with E-state index < -0.39 is 0 Å². The normalized spacial score (nSPS) is 11.0. The van der Waals surface area contributed by atoms with Crippen LogP contribution in [0.4, 0.5) is 23.0 Å². The molecular weight excluding hydrogens is 773 g/mol. The molecule has 0 bridgehead atoms. The smallest absolute Gasteiger partial charge is 0.243 e. The number of rotatable bonds is 10. The fourth-order valence-electron chi connectivity index (χ4n) is 6.55. The fourth-order valence-corrected chi connectivity index (χ4v) is 6.55. The average molecular weight is 819 g/mol. The summed E-state index contributed by atoms with van der Waals surface area (Å²) in [4.78, 5) is 8.86. The van der Waals surface area contributed by atoms with Crippen LogP contribution < -0.4 is 20.1 Å². The number of ether oxygens (including phenoxy) is 2. The zero-order valence-electron chi connectivity index (χ0n) is 35.4. The standard InChI is InChI=1S/2C25H23N5O/c1-25(2,3)20-12-7-8-14-22(20)31-24-21(13-9-15-27-24)28-23-16-18(17-26)29-30(23)19-10-5-4-6-11-19;1-25(2,3)20-12-7-8-14-22(20)31-24-21(13-9-15-27-24)28-23-16-19(17-26)30(29-23)18-10-5-4-6-11-18/h4-16,28H,1-3H3;4-16H,1-3H3,(H,28,29). The van der Waals surface area contributed by atoms with Gasteiger partial charge < -0.3 is 20.1 Å². The molecule has 0 fully saturated rings. The van der Waals surface area contributed by atoms with Crippen LogP contribution in [0.2, 0.25) is 0 Å². The van der Waals surface area contributed by atoms with Gasteiger partial charge in [-0.25, -0.2) is 19.3 Å². The summed E-state index contributed by atoms with van der Waals surface area (Å²) in [5, 5.41) is 34.4. The Labute approximate surface area is 361 Å². The Bertz CT molecular complexity index is 2860. The molecule has 0 aliphatic rings. The van der Waals surface area contributed by atoms with E-state index in [2.05, 4.69) is 96.6 Å². The zero-order valence-corrected chi connectivity index (χ0v) is 35.4. The Kier molecular flexibility index (Phi) is 12.4. The first-order chi connectivity index (χ1) is 29.9. The Morgan fingerprint density at radius 1 is 0.516 bits per heavy atom. The second-order valence-corrected chi connectivity index (χ2v) is 16.2. The Balaban J connectivity index is 0.000000186. The van der Waals surface area contributed by atoms with E-state index in [0.29, 0.717) is 46.2 Å². The van der Waals surface area contributed by atoms with E-state index in [4.69, 9.17) is 9.47 Å². The molecule has 4 aromatic heterocycles. The minimum Gasteiger partial charge on any atom is -0.437 e. The van der Waals surface area contributed by atoms with E-state index in [1.165, 1.54) is 0 Å². The van der Waals surface area contributed by atoms with Gasteiger partial charge in [-0.05, 0) is 71.5 Å². The Hall–Kier alpha value is -8.22. The summed E-state index contributed by atoms with van der Waals surface area (Å²) in [6.45, 7) is 12.9. The molecule has 0 aliphatic carbocycles. The number of hydrogen-bond acceptors (Lipinski definition) is 10. The highest BCUT2D eigenvalue weighted by atomic mass is 16.5. The van der Waals surface area contributed by atoms with Crippen molar-refractivity contribution in [2.75, 3.05) is 10.6 Å². The molecule has 4 aromatic carbocycles. The van der Waals surface area contributed by atoms with Crippen molar-refractivity contribution >= 4 is 23.0 Å². The topological polar surface area (TPSA) is 152 Å². The van der Waals surface area contributed by atoms with Crippen LogP contribution in [0.5, 0.6) is 23.3 Å². The van der Waals surface area contributed by atoms with Gasteiger partial charge in [-0.2, -0.15) is 15.6 Å². The monoisotopic (exact) mass is 818 g/mol. The number of nitrogens with one attached hydrogen (secondary N) is 2.